The van der Waals surface area contributed by atoms with E-state index in [2.05, 4.69) is 34.9 Å². The van der Waals surface area contributed by atoms with E-state index in [1.54, 1.807) is 0 Å². The molecule has 1 unspecified atom stereocenters. The Morgan fingerprint density at radius 1 is 1.05 bits per heavy atom. The van der Waals surface area contributed by atoms with Crippen molar-refractivity contribution in [2.45, 2.75) is 57.0 Å². The molecule has 0 heterocycles. The molecule has 2 aliphatic carbocycles. The number of fused-ring (bicyclic) bond motifs is 1. The number of carbonyl (C=O) groups excluding carboxylic acids is 1. The van der Waals surface area contributed by atoms with Crippen molar-refractivity contribution in [3.05, 3.63) is 35.4 Å². The summed E-state index contributed by atoms with van der Waals surface area (Å²) in [5, 5.41) is 6.56. The highest BCUT2D eigenvalue weighted by molar-refractivity contribution is 5.78. The minimum absolute atomic E-state index is 0.163. The first-order chi connectivity index (χ1) is 9.81. The van der Waals surface area contributed by atoms with Gasteiger partial charge in [-0.15, -0.1) is 0 Å². The zero-order valence-electron chi connectivity index (χ0n) is 12.0. The predicted octanol–water partition coefficient (Wildman–Crippen LogP) is 2.19. The average molecular weight is 272 g/mol. The zero-order chi connectivity index (χ0) is 13.8. The summed E-state index contributed by atoms with van der Waals surface area (Å²) < 4.78 is 0. The van der Waals surface area contributed by atoms with E-state index in [1.165, 1.54) is 24.0 Å². The van der Waals surface area contributed by atoms with Gasteiger partial charge in [0.25, 0.3) is 0 Å². The topological polar surface area (TPSA) is 41.1 Å². The lowest BCUT2D eigenvalue weighted by atomic mass is 9.88. The van der Waals surface area contributed by atoms with Crippen molar-refractivity contribution < 1.29 is 4.79 Å². The van der Waals surface area contributed by atoms with Gasteiger partial charge in [-0.3, -0.25) is 4.79 Å². The van der Waals surface area contributed by atoms with Gasteiger partial charge in [-0.1, -0.05) is 37.1 Å². The fourth-order valence-electron chi connectivity index (χ4n) is 3.46. The van der Waals surface area contributed by atoms with Gasteiger partial charge in [0.1, 0.15) is 0 Å². The molecular weight excluding hydrogens is 248 g/mol. The second kappa shape index (κ2) is 6.40. The molecule has 0 aliphatic heterocycles. The number of amides is 1. The number of rotatable bonds is 4. The van der Waals surface area contributed by atoms with Gasteiger partial charge in [-0.2, -0.15) is 0 Å². The summed E-state index contributed by atoms with van der Waals surface area (Å²) in [7, 11) is 0. The molecule has 1 aromatic rings. The van der Waals surface area contributed by atoms with Crippen molar-refractivity contribution in [1.29, 1.82) is 0 Å². The SMILES string of the molecule is O=C(CNC1CCc2ccccc2C1)NC1CCCC1. The predicted molar refractivity (Wildman–Crippen MR) is 80.7 cm³/mol. The third-order valence-corrected chi connectivity index (χ3v) is 4.62. The van der Waals surface area contributed by atoms with Gasteiger partial charge in [0.15, 0.2) is 0 Å². The number of hydrogen-bond acceptors (Lipinski definition) is 2. The summed E-state index contributed by atoms with van der Waals surface area (Å²) in [6, 6.07) is 9.52. The highest BCUT2D eigenvalue weighted by Gasteiger charge is 2.20. The lowest BCUT2D eigenvalue weighted by molar-refractivity contribution is -0.121. The molecule has 2 N–H and O–H groups in total. The van der Waals surface area contributed by atoms with Gasteiger partial charge in [0.05, 0.1) is 6.54 Å². The Labute approximate surface area is 121 Å². The number of aryl methyl sites for hydroxylation is 1. The van der Waals surface area contributed by atoms with E-state index in [0.717, 1.165) is 32.1 Å². The van der Waals surface area contributed by atoms with Crippen LogP contribution >= 0.6 is 0 Å². The number of carbonyl (C=O) groups is 1. The molecule has 1 fully saturated rings. The molecule has 0 radical (unpaired) electrons. The smallest absolute Gasteiger partial charge is 0.234 e. The van der Waals surface area contributed by atoms with Gasteiger partial charge in [0, 0.05) is 12.1 Å². The molecule has 1 atom stereocenters. The molecule has 1 aromatic carbocycles. The lowest BCUT2D eigenvalue weighted by Gasteiger charge is -2.25. The third-order valence-electron chi connectivity index (χ3n) is 4.62. The quantitative estimate of drug-likeness (QED) is 0.882. The molecule has 3 rings (SSSR count). The third kappa shape index (κ3) is 3.40. The minimum Gasteiger partial charge on any atom is -0.352 e. The maximum absolute atomic E-state index is 11.9. The molecule has 20 heavy (non-hydrogen) atoms. The highest BCUT2D eigenvalue weighted by Crippen LogP contribution is 2.21. The van der Waals surface area contributed by atoms with Crippen LogP contribution in [0.2, 0.25) is 0 Å². The molecule has 1 saturated carbocycles. The van der Waals surface area contributed by atoms with Crippen LogP contribution in [0.1, 0.15) is 43.2 Å². The summed E-state index contributed by atoms with van der Waals surface area (Å²) in [4.78, 5) is 11.9. The summed E-state index contributed by atoms with van der Waals surface area (Å²) in [5.74, 6) is 0.163. The van der Waals surface area contributed by atoms with Gasteiger partial charge in [-0.05, 0) is 43.2 Å². The van der Waals surface area contributed by atoms with Crippen LogP contribution in [-0.4, -0.2) is 24.5 Å². The Morgan fingerprint density at radius 2 is 1.80 bits per heavy atom. The molecular formula is C17H24N2O. The number of hydrogen-bond donors (Lipinski definition) is 2. The second-order valence-electron chi connectivity index (χ2n) is 6.14. The lowest BCUT2D eigenvalue weighted by Crippen LogP contribution is -2.44. The van der Waals surface area contributed by atoms with Crippen LogP contribution in [0, 0.1) is 0 Å². The maximum Gasteiger partial charge on any atom is 0.234 e. The average Bonchev–Trinajstić information content (AvgIpc) is 2.98. The second-order valence-corrected chi connectivity index (χ2v) is 6.14. The summed E-state index contributed by atoms with van der Waals surface area (Å²) >= 11 is 0. The zero-order valence-corrected chi connectivity index (χ0v) is 12.0. The monoisotopic (exact) mass is 272 g/mol. The Balaban J connectivity index is 1.44. The van der Waals surface area contributed by atoms with Crippen LogP contribution in [0.3, 0.4) is 0 Å². The highest BCUT2D eigenvalue weighted by atomic mass is 16.1. The molecule has 0 saturated heterocycles. The molecule has 0 bridgehead atoms. The van der Waals surface area contributed by atoms with Crippen LogP contribution < -0.4 is 10.6 Å². The van der Waals surface area contributed by atoms with Gasteiger partial charge in [-0.25, -0.2) is 0 Å². The molecule has 2 aliphatic rings. The van der Waals surface area contributed by atoms with E-state index in [-0.39, 0.29) is 5.91 Å². The van der Waals surface area contributed by atoms with Crippen molar-refractivity contribution in [3.63, 3.8) is 0 Å². The van der Waals surface area contributed by atoms with Gasteiger partial charge in [0.2, 0.25) is 5.91 Å². The van der Waals surface area contributed by atoms with Crippen LogP contribution in [0.4, 0.5) is 0 Å². The van der Waals surface area contributed by atoms with Crippen molar-refractivity contribution >= 4 is 5.91 Å². The fourth-order valence-corrected chi connectivity index (χ4v) is 3.46. The molecule has 1 amide bonds. The van der Waals surface area contributed by atoms with E-state index >= 15 is 0 Å². The van der Waals surface area contributed by atoms with E-state index in [0.29, 0.717) is 18.6 Å². The summed E-state index contributed by atoms with van der Waals surface area (Å²) in [6.07, 6.45) is 8.14. The molecule has 0 spiro atoms. The Kier molecular flexibility index (Phi) is 4.36. The van der Waals surface area contributed by atoms with E-state index in [1.807, 2.05) is 0 Å². The van der Waals surface area contributed by atoms with Gasteiger partial charge >= 0.3 is 0 Å². The minimum atomic E-state index is 0.163. The molecule has 3 heteroatoms. The van der Waals surface area contributed by atoms with Gasteiger partial charge < -0.3 is 10.6 Å². The van der Waals surface area contributed by atoms with Crippen molar-refractivity contribution in [2.75, 3.05) is 6.54 Å². The maximum atomic E-state index is 11.9. The van der Waals surface area contributed by atoms with E-state index in [4.69, 9.17) is 0 Å². The summed E-state index contributed by atoms with van der Waals surface area (Å²) in [5.41, 5.74) is 2.91. The fraction of sp³-hybridized carbons (Fsp3) is 0.588. The van der Waals surface area contributed by atoms with Crippen LogP contribution in [-0.2, 0) is 17.6 Å². The van der Waals surface area contributed by atoms with Crippen molar-refractivity contribution in [1.82, 2.24) is 10.6 Å². The molecule has 0 aromatic heterocycles. The van der Waals surface area contributed by atoms with Crippen molar-refractivity contribution in [2.24, 2.45) is 0 Å². The first-order valence-corrected chi connectivity index (χ1v) is 7.91. The van der Waals surface area contributed by atoms with E-state index in [9.17, 15) is 4.79 Å². The first-order valence-electron chi connectivity index (χ1n) is 7.91. The standard InChI is InChI=1S/C17H24N2O/c20-17(19-15-7-3-4-8-15)12-18-16-10-9-13-5-1-2-6-14(13)11-16/h1-2,5-6,15-16,18H,3-4,7-12H2,(H,19,20). The molecule has 108 valence electrons. The van der Waals surface area contributed by atoms with Crippen LogP contribution in [0.25, 0.3) is 0 Å². The Morgan fingerprint density at radius 3 is 2.60 bits per heavy atom. The molecule has 3 nitrogen and oxygen atoms in total. The van der Waals surface area contributed by atoms with E-state index < -0.39 is 0 Å². The largest absolute Gasteiger partial charge is 0.352 e. The Hall–Kier alpha value is -1.35. The summed E-state index contributed by atoms with van der Waals surface area (Å²) in [6.45, 7) is 0.462. The first kappa shape index (κ1) is 13.6. The Bertz CT molecular complexity index is 466. The number of nitrogens with one attached hydrogen (secondary N) is 2. The number of benzene rings is 1. The van der Waals surface area contributed by atoms with Crippen LogP contribution in [0.5, 0.6) is 0 Å². The van der Waals surface area contributed by atoms with Crippen LogP contribution in [0.15, 0.2) is 24.3 Å². The normalized spacial score (nSPS) is 22.5. The van der Waals surface area contributed by atoms with Crippen molar-refractivity contribution in [3.8, 4) is 0 Å².